The number of aromatic amines is 1. The first-order valence-corrected chi connectivity index (χ1v) is 6.81. The van der Waals surface area contributed by atoms with Gasteiger partial charge < -0.3 is 10.3 Å². The van der Waals surface area contributed by atoms with Crippen molar-refractivity contribution in [2.24, 2.45) is 0 Å². The Hall–Kier alpha value is -0.680. The third-order valence-electron chi connectivity index (χ3n) is 2.88. The number of hydrogen-bond donors (Lipinski definition) is 2. The van der Waals surface area contributed by atoms with E-state index in [1.165, 1.54) is 0 Å². The molecule has 4 nitrogen and oxygen atoms in total. The SMILES string of the molecule is Cc1[nH]cnc1CNC1CCS(=O)CC1. The van der Waals surface area contributed by atoms with Gasteiger partial charge in [-0.2, -0.15) is 0 Å². The minimum Gasteiger partial charge on any atom is -0.348 e. The van der Waals surface area contributed by atoms with Crippen LogP contribution in [0.1, 0.15) is 24.2 Å². The molecule has 1 aromatic rings. The van der Waals surface area contributed by atoms with E-state index in [1.807, 2.05) is 6.92 Å². The highest BCUT2D eigenvalue weighted by Crippen LogP contribution is 2.10. The monoisotopic (exact) mass is 227 g/mol. The summed E-state index contributed by atoms with van der Waals surface area (Å²) in [6, 6.07) is 0.513. The van der Waals surface area contributed by atoms with Gasteiger partial charge in [0, 0.05) is 40.6 Å². The number of nitrogens with one attached hydrogen (secondary N) is 2. The summed E-state index contributed by atoms with van der Waals surface area (Å²) in [6.07, 6.45) is 3.77. The second kappa shape index (κ2) is 4.90. The highest BCUT2D eigenvalue weighted by atomic mass is 32.2. The fraction of sp³-hybridized carbons (Fsp3) is 0.700. The lowest BCUT2D eigenvalue weighted by Gasteiger charge is -2.22. The van der Waals surface area contributed by atoms with Gasteiger partial charge in [-0.1, -0.05) is 0 Å². The van der Waals surface area contributed by atoms with Crippen molar-refractivity contribution in [1.29, 1.82) is 0 Å². The summed E-state index contributed by atoms with van der Waals surface area (Å²) in [6.45, 7) is 2.84. The molecule has 0 unspecified atom stereocenters. The summed E-state index contributed by atoms with van der Waals surface area (Å²) in [5.74, 6) is 1.69. The summed E-state index contributed by atoms with van der Waals surface area (Å²) in [5.41, 5.74) is 2.21. The molecule has 2 heterocycles. The molecule has 0 amide bonds. The van der Waals surface area contributed by atoms with Gasteiger partial charge in [0.1, 0.15) is 0 Å². The van der Waals surface area contributed by atoms with E-state index >= 15 is 0 Å². The van der Waals surface area contributed by atoms with Gasteiger partial charge in [0.25, 0.3) is 0 Å². The predicted molar refractivity (Wildman–Crippen MR) is 61.1 cm³/mol. The summed E-state index contributed by atoms with van der Waals surface area (Å²) < 4.78 is 11.2. The maximum absolute atomic E-state index is 11.2. The van der Waals surface area contributed by atoms with Crippen LogP contribution in [0.5, 0.6) is 0 Å². The summed E-state index contributed by atoms with van der Waals surface area (Å²) in [7, 11) is -0.567. The fourth-order valence-corrected chi connectivity index (χ4v) is 3.10. The first kappa shape index (κ1) is 10.8. The van der Waals surface area contributed by atoms with Crippen molar-refractivity contribution < 1.29 is 4.21 Å². The van der Waals surface area contributed by atoms with E-state index in [2.05, 4.69) is 15.3 Å². The van der Waals surface area contributed by atoms with Crippen LogP contribution in [0.2, 0.25) is 0 Å². The normalized spacial score (nSPS) is 26.7. The Morgan fingerprint density at radius 3 is 2.93 bits per heavy atom. The van der Waals surface area contributed by atoms with E-state index in [4.69, 9.17) is 0 Å². The Balaban J connectivity index is 1.79. The molecule has 0 spiro atoms. The lowest BCUT2D eigenvalue weighted by atomic mass is 10.1. The third-order valence-corrected chi connectivity index (χ3v) is 4.26. The van der Waals surface area contributed by atoms with Crippen LogP contribution < -0.4 is 5.32 Å². The van der Waals surface area contributed by atoms with Crippen molar-refractivity contribution in [2.45, 2.75) is 32.4 Å². The summed E-state index contributed by atoms with van der Waals surface area (Å²) in [5, 5.41) is 3.47. The number of imidazole rings is 1. The minimum atomic E-state index is -0.567. The van der Waals surface area contributed by atoms with Crippen LogP contribution in [-0.4, -0.2) is 31.7 Å². The molecular formula is C10H17N3OS. The molecule has 1 fully saturated rings. The van der Waals surface area contributed by atoms with Gasteiger partial charge in [-0.15, -0.1) is 0 Å². The van der Waals surface area contributed by atoms with Gasteiger partial charge >= 0.3 is 0 Å². The second-order valence-corrected chi connectivity index (χ2v) is 5.67. The zero-order valence-corrected chi connectivity index (χ0v) is 9.77. The van der Waals surface area contributed by atoms with Gasteiger partial charge in [0.15, 0.2) is 0 Å². The molecular weight excluding hydrogens is 210 g/mol. The molecule has 5 heteroatoms. The summed E-state index contributed by atoms with van der Waals surface area (Å²) >= 11 is 0. The van der Waals surface area contributed by atoms with Crippen LogP contribution in [0.3, 0.4) is 0 Å². The molecule has 84 valence electrons. The van der Waals surface area contributed by atoms with Gasteiger partial charge in [-0.05, 0) is 19.8 Å². The molecule has 0 aromatic carbocycles. The van der Waals surface area contributed by atoms with Gasteiger partial charge in [0.2, 0.25) is 0 Å². The highest BCUT2D eigenvalue weighted by Gasteiger charge is 2.17. The van der Waals surface area contributed by atoms with Gasteiger partial charge in [-0.25, -0.2) is 4.98 Å². The van der Waals surface area contributed by atoms with E-state index in [9.17, 15) is 4.21 Å². The van der Waals surface area contributed by atoms with Crippen LogP contribution in [0.25, 0.3) is 0 Å². The highest BCUT2D eigenvalue weighted by molar-refractivity contribution is 7.85. The van der Waals surface area contributed by atoms with Crippen LogP contribution in [0.4, 0.5) is 0 Å². The minimum absolute atomic E-state index is 0.513. The average molecular weight is 227 g/mol. The Labute approximate surface area is 92.3 Å². The maximum atomic E-state index is 11.2. The number of H-pyrrole nitrogens is 1. The van der Waals surface area contributed by atoms with Crippen LogP contribution in [0.15, 0.2) is 6.33 Å². The van der Waals surface area contributed by atoms with Crippen molar-refractivity contribution in [3.8, 4) is 0 Å². The molecule has 0 bridgehead atoms. The van der Waals surface area contributed by atoms with Gasteiger partial charge in [-0.3, -0.25) is 4.21 Å². The zero-order chi connectivity index (χ0) is 10.7. The third kappa shape index (κ3) is 2.89. The molecule has 2 N–H and O–H groups in total. The first-order valence-electron chi connectivity index (χ1n) is 5.33. The standard InChI is InChI=1S/C10H17N3OS/c1-8-10(13-7-12-8)6-11-9-2-4-15(14)5-3-9/h7,9,11H,2-6H2,1H3,(H,12,13). The van der Waals surface area contributed by atoms with Crippen molar-refractivity contribution in [1.82, 2.24) is 15.3 Å². The molecule has 0 atom stereocenters. The average Bonchev–Trinajstić information content (AvgIpc) is 2.63. The van der Waals surface area contributed by atoms with Crippen molar-refractivity contribution in [3.05, 3.63) is 17.7 Å². The number of aromatic nitrogens is 2. The number of rotatable bonds is 3. The summed E-state index contributed by atoms with van der Waals surface area (Å²) in [4.78, 5) is 7.30. The predicted octanol–water partition coefficient (Wildman–Crippen LogP) is 0.719. The quantitative estimate of drug-likeness (QED) is 0.800. The zero-order valence-electron chi connectivity index (χ0n) is 8.95. The Kier molecular flexibility index (Phi) is 3.53. The Morgan fingerprint density at radius 1 is 1.60 bits per heavy atom. The van der Waals surface area contributed by atoms with Crippen molar-refractivity contribution in [2.75, 3.05) is 11.5 Å². The smallest absolute Gasteiger partial charge is 0.0925 e. The Bertz CT molecular complexity index is 340. The maximum Gasteiger partial charge on any atom is 0.0925 e. The van der Waals surface area contributed by atoms with E-state index in [0.717, 1.165) is 42.3 Å². The van der Waals surface area contributed by atoms with E-state index < -0.39 is 10.8 Å². The fourth-order valence-electron chi connectivity index (χ4n) is 1.80. The van der Waals surface area contributed by atoms with Crippen LogP contribution in [0, 0.1) is 6.92 Å². The molecule has 15 heavy (non-hydrogen) atoms. The topological polar surface area (TPSA) is 57.8 Å². The van der Waals surface area contributed by atoms with Crippen LogP contribution in [-0.2, 0) is 17.3 Å². The molecule has 0 aliphatic carbocycles. The van der Waals surface area contributed by atoms with Crippen LogP contribution >= 0.6 is 0 Å². The molecule has 2 rings (SSSR count). The molecule has 1 aliphatic heterocycles. The molecule has 1 aliphatic rings. The largest absolute Gasteiger partial charge is 0.348 e. The van der Waals surface area contributed by atoms with E-state index in [-0.39, 0.29) is 0 Å². The second-order valence-electron chi connectivity index (χ2n) is 3.98. The van der Waals surface area contributed by atoms with Crippen molar-refractivity contribution in [3.63, 3.8) is 0 Å². The molecule has 0 radical (unpaired) electrons. The number of aryl methyl sites for hydroxylation is 1. The number of hydrogen-bond acceptors (Lipinski definition) is 3. The molecule has 0 saturated carbocycles. The van der Waals surface area contributed by atoms with E-state index in [1.54, 1.807) is 6.33 Å². The lowest BCUT2D eigenvalue weighted by molar-refractivity contribution is 0.472. The Morgan fingerprint density at radius 2 is 2.33 bits per heavy atom. The molecule has 1 saturated heterocycles. The first-order chi connectivity index (χ1) is 7.25. The number of nitrogens with zero attached hydrogens (tertiary/aromatic N) is 1. The molecule has 1 aromatic heterocycles. The lowest BCUT2D eigenvalue weighted by Crippen LogP contribution is -2.35. The van der Waals surface area contributed by atoms with Gasteiger partial charge in [0.05, 0.1) is 12.0 Å². The van der Waals surface area contributed by atoms with Crippen molar-refractivity contribution >= 4 is 10.8 Å². The van der Waals surface area contributed by atoms with E-state index in [0.29, 0.717) is 6.04 Å².